The van der Waals surface area contributed by atoms with Gasteiger partial charge in [-0.3, -0.25) is 0 Å². The lowest BCUT2D eigenvalue weighted by Gasteiger charge is -2.10. The normalized spacial score (nSPS) is 14.0. The Morgan fingerprint density at radius 1 is 0.500 bits per heavy atom. The van der Waals surface area contributed by atoms with Crippen LogP contribution in [0.25, 0.3) is 0 Å². The van der Waals surface area contributed by atoms with Gasteiger partial charge in [0.25, 0.3) is 0 Å². The van der Waals surface area contributed by atoms with E-state index in [-0.39, 0.29) is 0 Å². The van der Waals surface area contributed by atoms with Gasteiger partial charge in [0, 0.05) is 0 Å². The predicted octanol–water partition coefficient (Wildman–Crippen LogP) is 7.71. The second-order valence-electron chi connectivity index (χ2n) is 7.84. The summed E-state index contributed by atoms with van der Waals surface area (Å²) < 4.78 is 0. The average molecular weight is 343 g/mol. The molecule has 24 heavy (non-hydrogen) atoms. The Kier molecular flexibility index (Phi) is 19.2. The van der Waals surface area contributed by atoms with Gasteiger partial charge in [0.15, 0.2) is 0 Å². The van der Waals surface area contributed by atoms with Crippen molar-refractivity contribution in [1.29, 1.82) is 0 Å². The van der Waals surface area contributed by atoms with Crippen LogP contribution in [-0.4, -0.2) is 13.2 Å². The second kappa shape index (κ2) is 19.2. The van der Waals surface area contributed by atoms with Crippen LogP contribution in [0.5, 0.6) is 0 Å². The van der Waals surface area contributed by atoms with Crippen molar-refractivity contribution in [3.63, 3.8) is 0 Å². The molecule has 0 amide bonds. The van der Waals surface area contributed by atoms with Crippen LogP contribution in [0, 0.1) is 11.8 Å². The topological polar surface area (TPSA) is 18.5 Å². The molecule has 0 aliphatic carbocycles. The van der Waals surface area contributed by atoms with Crippen LogP contribution in [-0.2, 0) is 9.78 Å². The minimum absolute atomic E-state index is 0.761. The van der Waals surface area contributed by atoms with Crippen molar-refractivity contribution in [3.05, 3.63) is 0 Å². The fourth-order valence-electron chi connectivity index (χ4n) is 3.17. The van der Waals surface area contributed by atoms with Gasteiger partial charge >= 0.3 is 0 Å². The van der Waals surface area contributed by atoms with E-state index in [1.54, 1.807) is 0 Å². The van der Waals surface area contributed by atoms with Crippen LogP contribution in [0.4, 0.5) is 0 Å². The monoisotopic (exact) mass is 342 g/mol. The SMILES string of the molecule is CCCCC(C)CCCCCOOCCCCCC(C)CCCC. The molecule has 2 nitrogen and oxygen atoms in total. The first-order chi connectivity index (χ1) is 11.7. The molecule has 0 spiro atoms. The lowest BCUT2D eigenvalue weighted by Crippen LogP contribution is -2.00. The Morgan fingerprint density at radius 3 is 1.25 bits per heavy atom. The number of hydrogen-bond acceptors (Lipinski definition) is 2. The third-order valence-corrected chi connectivity index (χ3v) is 5.03. The van der Waals surface area contributed by atoms with Crippen LogP contribution < -0.4 is 0 Å². The molecule has 2 unspecified atom stereocenters. The maximum atomic E-state index is 5.29. The highest BCUT2D eigenvalue weighted by atomic mass is 17.2. The Morgan fingerprint density at radius 2 is 0.875 bits per heavy atom. The molecule has 0 heterocycles. The van der Waals surface area contributed by atoms with Crippen LogP contribution >= 0.6 is 0 Å². The van der Waals surface area contributed by atoms with Gasteiger partial charge in [-0.1, -0.05) is 105 Å². The highest BCUT2D eigenvalue weighted by Gasteiger charge is 2.02. The molecule has 0 aromatic carbocycles. The lowest BCUT2D eigenvalue weighted by atomic mass is 9.98. The minimum atomic E-state index is 0.761. The van der Waals surface area contributed by atoms with E-state index in [0.717, 1.165) is 37.9 Å². The standard InChI is InChI=1S/C22H46O2/c1-5-7-15-21(3)17-11-9-13-19-23-24-20-14-10-12-18-22(4)16-8-6-2/h21-22H,5-20H2,1-4H3. The predicted molar refractivity (Wildman–Crippen MR) is 106 cm³/mol. The van der Waals surface area contributed by atoms with Crippen molar-refractivity contribution >= 4 is 0 Å². The zero-order chi connectivity index (χ0) is 17.9. The summed E-state index contributed by atoms with van der Waals surface area (Å²) in [6.07, 6.45) is 18.5. The molecule has 0 aromatic heterocycles. The van der Waals surface area contributed by atoms with Crippen molar-refractivity contribution in [1.82, 2.24) is 0 Å². The minimum Gasteiger partial charge on any atom is -0.237 e. The molecule has 0 N–H and O–H groups in total. The van der Waals surface area contributed by atoms with Gasteiger partial charge in [0.2, 0.25) is 0 Å². The molecule has 0 rings (SSSR count). The largest absolute Gasteiger partial charge is 0.237 e. The molecule has 0 saturated heterocycles. The molecule has 146 valence electrons. The summed E-state index contributed by atoms with van der Waals surface area (Å²) in [5.74, 6) is 1.79. The summed E-state index contributed by atoms with van der Waals surface area (Å²) in [7, 11) is 0. The summed E-state index contributed by atoms with van der Waals surface area (Å²) in [6.45, 7) is 10.9. The Bertz CT molecular complexity index is 206. The zero-order valence-electron chi connectivity index (χ0n) is 17.3. The van der Waals surface area contributed by atoms with Gasteiger partial charge in [-0.25, -0.2) is 9.78 Å². The molecule has 2 heteroatoms. The molecular weight excluding hydrogens is 296 g/mol. The van der Waals surface area contributed by atoms with E-state index in [9.17, 15) is 0 Å². The Balaban J connectivity index is 3.12. The zero-order valence-corrected chi connectivity index (χ0v) is 17.3. The van der Waals surface area contributed by atoms with Crippen LogP contribution in [0.1, 0.15) is 118 Å². The van der Waals surface area contributed by atoms with Crippen molar-refractivity contribution < 1.29 is 9.78 Å². The summed E-state index contributed by atoms with van der Waals surface area (Å²) >= 11 is 0. The lowest BCUT2D eigenvalue weighted by molar-refractivity contribution is -0.295. The summed E-state index contributed by atoms with van der Waals surface area (Å²) in [6, 6.07) is 0. The molecule has 0 aliphatic heterocycles. The highest BCUT2D eigenvalue weighted by Crippen LogP contribution is 2.16. The molecular formula is C22H46O2. The molecule has 0 radical (unpaired) electrons. The van der Waals surface area contributed by atoms with E-state index in [4.69, 9.17) is 9.78 Å². The molecule has 2 atom stereocenters. The quantitative estimate of drug-likeness (QED) is 0.136. The van der Waals surface area contributed by atoms with Crippen LogP contribution in [0.2, 0.25) is 0 Å². The maximum absolute atomic E-state index is 5.29. The number of unbranched alkanes of at least 4 members (excludes halogenated alkanes) is 6. The van der Waals surface area contributed by atoms with Gasteiger partial charge in [0.05, 0.1) is 13.2 Å². The van der Waals surface area contributed by atoms with E-state index in [1.807, 2.05) is 0 Å². The summed E-state index contributed by atoms with van der Waals surface area (Å²) in [4.78, 5) is 10.6. The fourth-order valence-corrected chi connectivity index (χ4v) is 3.17. The first-order valence-corrected chi connectivity index (χ1v) is 10.9. The highest BCUT2D eigenvalue weighted by molar-refractivity contribution is 4.54. The van der Waals surface area contributed by atoms with Gasteiger partial charge in [0.1, 0.15) is 0 Å². The van der Waals surface area contributed by atoms with E-state index < -0.39 is 0 Å². The molecule has 0 aromatic rings. The van der Waals surface area contributed by atoms with Crippen molar-refractivity contribution in [2.75, 3.05) is 13.2 Å². The van der Waals surface area contributed by atoms with Crippen LogP contribution in [0.15, 0.2) is 0 Å². The molecule has 0 saturated carbocycles. The first kappa shape index (κ1) is 23.9. The Hall–Kier alpha value is -0.0800. The number of rotatable bonds is 19. The smallest absolute Gasteiger partial charge is 0.0822 e. The molecule has 0 fully saturated rings. The Labute approximate surface area is 153 Å². The third kappa shape index (κ3) is 18.3. The van der Waals surface area contributed by atoms with E-state index in [1.165, 1.54) is 77.0 Å². The van der Waals surface area contributed by atoms with E-state index >= 15 is 0 Å². The molecule has 0 bridgehead atoms. The van der Waals surface area contributed by atoms with Crippen molar-refractivity contribution in [3.8, 4) is 0 Å². The van der Waals surface area contributed by atoms with E-state index in [2.05, 4.69) is 27.7 Å². The van der Waals surface area contributed by atoms with Crippen molar-refractivity contribution in [2.24, 2.45) is 11.8 Å². The third-order valence-electron chi connectivity index (χ3n) is 5.03. The van der Waals surface area contributed by atoms with E-state index in [0.29, 0.717) is 0 Å². The van der Waals surface area contributed by atoms with Crippen molar-refractivity contribution in [2.45, 2.75) is 118 Å². The second-order valence-corrected chi connectivity index (χ2v) is 7.84. The molecule has 0 aliphatic rings. The van der Waals surface area contributed by atoms with Gasteiger partial charge < -0.3 is 0 Å². The fraction of sp³-hybridized carbons (Fsp3) is 1.00. The first-order valence-electron chi connectivity index (χ1n) is 10.9. The van der Waals surface area contributed by atoms with Gasteiger partial charge in [-0.05, 0) is 24.7 Å². The maximum Gasteiger partial charge on any atom is 0.0822 e. The number of hydrogen-bond donors (Lipinski definition) is 0. The average Bonchev–Trinajstić information content (AvgIpc) is 2.58. The van der Waals surface area contributed by atoms with Crippen LogP contribution in [0.3, 0.4) is 0 Å². The van der Waals surface area contributed by atoms with Gasteiger partial charge in [-0.15, -0.1) is 0 Å². The van der Waals surface area contributed by atoms with Gasteiger partial charge in [-0.2, -0.15) is 0 Å². The summed E-state index contributed by atoms with van der Waals surface area (Å²) in [5, 5.41) is 0. The summed E-state index contributed by atoms with van der Waals surface area (Å²) in [5.41, 5.74) is 0.